The zero-order valence-electron chi connectivity index (χ0n) is 15.3. The molecule has 0 atom stereocenters. The van der Waals surface area contributed by atoms with Gasteiger partial charge in [0.1, 0.15) is 0 Å². The van der Waals surface area contributed by atoms with Crippen LogP contribution >= 0.6 is 0 Å². The van der Waals surface area contributed by atoms with Gasteiger partial charge in [-0.2, -0.15) is 53.4 Å². The number of allylic oxidation sites excluding steroid dienone is 4. The van der Waals surface area contributed by atoms with Crippen LogP contribution in [0.25, 0.3) is 5.57 Å². The van der Waals surface area contributed by atoms with Crippen molar-refractivity contribution in [2.45, 2.75) is 34.1 Å². The minimum Gasteiger partial charge on any atom is -1.00 e. The fourth-order valence-electron chi connectivity index (χ4n) is 2.86. The van der Waals surface area contributed by atoms with Gasteiger partial charge in [0.15, 0.2) is 0 Å². The Hall–Kier alpha value is -0.916. The molecule has 0 aromatic heterocycles. The molecule has 0 bridgehead atoms. The summed E-state index contributed by atoms with van der Waals surface area (Å²) in [5, 5.41) is 0. The SMILES string of the molecule is Cc1[c-]c(C)cc(C)c1.[CH2-]c1ccccc1C1=C(C)C=CC1.[Cl-].[Cl-].[Ti+2]. The minimum absolute atomic E-state index is 0. The van der Waals surface area contributed by atoms with Crippen molar-refractivity contribution in [1.82, 2.24) is 0 Å². The second kappa shape index (κ2) is 12.4. The summed E-state index contributed by atoms with van der Waals surface area (Å²) in [6.07, 6.45) is 5.44. The van der Waals surface area contributed by atoms with Crippen LogP contribution in [0, 0.1) is 33.8 Å². The van der Waals surface area contributed by atoms with E-state index in [0.29, 0.717) is 0 Å². The van der Waals surface area contributed by atoms with E-state index in [-0.39, 0.29) is 46.5 Å². The van der Waals surface area contributed by atoms with Gasteiger partial charge in [-0.05, 0) is 13.3 Å². The standard InChI is InChI=1S/C13H13.C9H11.2ClH.Ti/c1-10-6-3-4-8-12(10)13-9-5-7-11(13)2;1-7-4-8(2)6-9(3)5-7;;;/h3-8H,1,9H2,2H3;4-5H,1-3H3;2*1H;/q2*-1;;;+2/p-2. The Morgan fingerprint density at radius 1 is 0.920 bits per heavy atom. The molecule has 0 amide bonds. The maximum absolute atomic E-state index is 4.04. The summed E-state index contributed by atoms with van der Waals surface area (Å²) in [5.74, 6) is 0. The van der Waals surface area contributed by atoms with Gasteiger partial charge in [-0.15, -0.1) is 17.7 Å². The number of rotatable bonds is 1. The first-order valence-electron chi connectivity index (χ1n) is 7.72. The molecule has 0 radical (unpaired) electrons. The monoisotopic (exact) mass is 406 g/mol. The zero-order valence-corrected chi connectivity index (χ0v) is 18.4. The van der Waals surface area contributed by atoms with E-state index in [1.165, 1.54) is 33.4 Å². The Morgan fingerprint density at radius 3 is 1.92 bits per heavy atom. The second-order valence-electron chi connectivity index (χ2n) is 5.95. The van der Waals surface area contributed by atoms with Crippen molar-refractivity contribution < 1.29 is 46.5 Å². The first-order valence-corrected chi connectivity index (χ1v) is 7.72. The molecule has 0 N–H and O–H groups in total. The van der Waals surface area contributed by atoms with Crippen LogP contribution in [0.15, 0.2) is 54.1 Å². The van der Waals surface area contributed by atoms with Gasteiger partial charge in [0.25, 0.3) is 0 Å². The van der Waals surface area contributed by atoms with E-state index < -0.39 is 0 Å². The van der Waals surface area contributed by atoms with Gasteiger partial charge in [-0.3, -0.25) is 0 Å². The number of hydrogen-bond acceptors (Lipinski definition) is 0. The maximum atomic E-state index is 4.04. The van der Waals surface area contributed by atoms with Crippen molar-refractivity contribution in [2.24, 2.45) is 0 Å². The van der Waals surface area contributed by atoms with Gasteiger partial charge < -0.3 is 24.8 Å². The summed E-state index contributed by atoms with van der Waals surface area (Å²) < 4.78 is 0. The predicted octanol–water partition coefficient (Wildman–Crippen LogP) is 0.0197. The quantitative estimate of drug-likeness (QED) is 0.462. The summed E-state index contributed by atoms with van der Waals surface area (Å²) in [6, 6.07) is 15.8. The van der Waals surface area contributed by atoms with E-state index >= 15 is 0 Å². The third kappa shape index (κ3) is 7.88. The molecule has 0 fully saturated rings. The molecular formula is C22H24Cl2Ti-2. The first kappa shape index (κ1) is 26.3. The summed E-state index contributed by atoms with van der Waals surface area (Å²) in [7, 11) is 0. The van der Waals surface area contributed by atoms with E-state index in [1.807, 2.05) is 6.07 Å². The Balaban J connectivity index is 0. The third-order valence-electron chi connectivity index (χ3n) is 3.79. The molecule has 0 aliphatic heterocycles. The molecule has 132 valence electrons. The van der Waals surface area contributed by atoms with Crippen LogP contribution in [-0.4, -0.2) is 0 Å². The van der Waals surface area contributed by atoms with Gasteiger partial charge in [-0.25, -0.2) is 0 Å². The molecule has 3 rings (SSSR count). The van der Waals surface area contributed by atoms with Crippen molar-refractivity contribution in [2.75, 3.05) is 0 Å². The molecule has 0 nitrogen and oxygen atoms in total. The van der Waals surface area contributed by atoms with Crippen LogP contribution in [0.1, 0.15) is 41.2 Å². The van der Waals surface area contributed by atoms with Crippen LogP contribution in [0.3, 0.4) is 0 Å². The van der Waals surface area contributed by atoms with Crippen LogP contribution in [0.2, 0.25) is 0 Å². The van der Waals surface area contributed by atoms with Gasteiger partial charge in [0, 0.05) is 0 Å². The second-order valence-corrected chi connectivity index (χ2v) is 5.95. The number of benzene rings is 2. The van der Waals surface area contributed by atoms with Crippen LogP contribution in [0.5, 0.6) is 0 Å². The maximum Gasteiger partial charge on any atom is 2.00 e. The minimum atomic E-state index is 0. The molecule has 2 aromatic carbocycles. The Labute approximate surface area is 180 Å². The summed E-state index contributed by atoms with van der Waals surface area (Å²) in [5.41, 5.74) is 9.00. The molecular weight excluding hydrogens is 383 g/mol. The predicted molar refractivity (Wildman–Crippen MR) is 96.7 cm³/mol. The Bertz CT molecular complexity index is 680. The van der Waals surface area contributed by atoms with Gasteiger partial charge in [0.2, 0.25) is 0 Å². The third-order valence-corrected chi connectivity index (χ3v) is 3.79. The van der Waals surface area contributed by atoms with Gasteiger partial charge >= 0.3 is 21.7 Å². The van der Waals surface area contributed by atoms with Gasteiger partial charge in [-0.1, -0.05) is 50.1 Å². The summed E-state index contributed by atoms with van der Waals surface area (Å²) in [6.45, 7) is 12.4. The van der Waals surface area contributed by atoms with Crippen molar-refractivity contribution in [3.8, 4) is 0 Å². The molecule has 1 aliphatic carbocycles. The molecule has 3 heteroatoms. The summed E-state index contributed by atoms with van der Waals surface area (Å²) >= 11 is 0. The molecule has 2 aromatic rings. The fraction of sp³-hybridized carbons (Fsp3) is 0.227. The van der Waals surface area contributed by atoms with Crippen LogP contribution in [-0.2, 0) is 21.7 Å². The zero-order chi connectivity index (χ0) is 16.1. The molecule has 0 saturated carbocycles. The topological polar surface area (TPSA) is 0 Å². The van der Waals surface area contributed by atoms with Crippen LogP contribution in [0.4, 0.5) is 0 Å². The smallest absolute Gasteiger partial charge is 1.00 e. The number of halogens is 2. The molecule has 1 aliphatic rings. The largest absolute Gasteiger partial charge is 2.00 e. The molecule has 0 saturated heterocycles. The van der Waals surface area contributed by atoms with Crippen molar-refractivity contribution in [3.63, 3.8) is 0 Å². The number of hydrogen-bond donors (Lipinski definition) is 0. The van der Waals surface area contributed by atoms with E-state index in [9.17, 15) is 0 Å². The van der Waals surface area contributed by atoms with Crippen molar-refractivity contribution in [3.05, 3.63) is 94.9 Å². The fourth-order valence-corrected chi connectivity index (χ4v) is 2.86. The van der Waals surface area contributed by atoms with Crippen LogP contribution < -0.4 is 24.8 Å². The first-order chi connectivity index (χ1) is 10.5. The van der Waals surface area contributed by atoms with Crippen molar-refractivity contribution >= 4 is 5.57 Å². The average molecular weight is 407 g/mol. The van der Waals surface area contributed by atoms with Crippen molar-refractivity contribution in [1.29, 1.82) is 0 Å². The van der Waals surface area contributed by atoms with Gasteiger partial charge in [0.05, 0.1) is 0 Å². The average Bonchev–Trinajstić information content (AvgIpc) is 2.84. The van der Waals surface area contributed by atoms with E-state index in [4.69, 9.17) is 0 Å². The molecule has 0 spiro atoms. The Kier molecular flexibility index (Phi) is 13.1. The molecule has 0 heterocycles. The van der Waals surface area contributed by atoms with E-state index in [1.54, 1.807) is 0 Å². The van der Waals surface area contributed by atoms with E-state index in [2.05, 4.69) is 83.2 Å². The molecule has 25 heavy (non-hydrogen) atoms. The summed E-state index contributed by atoms with van der Waals surface area (Å²) in [4.78, 5) is 0. The normalized spacial score (nSPS) is 11.5. The number of aryl methyl sites for hydroxylation is 3. The molecule has 0 unspecified atom stereocenters. The van der Waals surface area contributed by atoms with E-state index in [0.717, 1.165) is 12.0 Å². The Morgan fingerprint density at radius 2 is 1.48 bits per heavy atom.